The number of amides is 1. The number of carbonyl (C=O) groups is 1. The summed E-state index contributed by atoms with van der Waals surface area (Å²) in [6, 6.07) is 14.5. The van der Waals surface area contributed by atoms with Crippen molar-refractivity contribution >= 4 is 15.9 Å². The summed E-state index contributed by atoms with van der Waals surface area (Å²) in [6.45, 7) is 1.25. The third-order valence-electron chi connectivity index (χ3n) is 5.84. The molecule has 0 aliphatic heterocycles. The van der Waals surface area contributed by atoms with Crippen molar-refractivity contribution in [3.63, 3.8) is 0 Å². The van der Waals surface area contributed by atoms with E-state index in [-0.39, 0.29) is 16.8 Å². The molecule has 6 nitrogen and oxygen atoms in total. The fourth-order valence-corrected chi connectivity index (χ4v) is 5.48. The van der Waals surface area contributed by atoms with E-state index in [9.17, 15) is 13.2 Å². The van der Waals surface area contributed by atoms with Gasteiger partial charge in [-0.3, -0.25) is 4.79 Å². The smallest absolute Gasteiger partial charge is 0.251 e. The Kier molecular flexibility index (Phi) is 7.86. The van der Waals surface area contributed by atoms with E-state index in [2.05, 4.69) is 22.3 Å². The number of hydrogen-bond donors (Lipinski definition) is 1. The van der Waals surface area contributed by atoms with Gasteiger partial charge in [-0.15, -0.1) is 0 Å². The highest BCUT2D eigenvalue weighted by atomic mass is 32.2. The quantitative estimate of drug-likeness (QED) is 0.676. The van der Waals surface area contributed by atoms with Gasteiger partial charge in [-0.05, 0) is 56.3 Å². The molecule has 2 aromatic rings. The molecule has 1 aliphatic carbocycles. The van der Waals surface area contributed by atoms with Crippen LogP contribution in [0.4, 0.5) is 0 Å². The van der Waals surface area contributed by atoms with Crippen LogP contribution in [0.15, 0.2) is 53.4 Å². The van der Waals surface area contributed by atoms with Gasteiger partial charge in [-0.1, -0.05) is 49.6 Å². The summed E-state index contributed by atoms with van der Waals surface area (Å²) in [5.41, 5.74) is 2.55. The second-order valence-corrected chi connectivity index (χ2v) is 10.6. The first-order valence-electron chi connectivity index (χ1n) is 10.9. The van der Waals surface area contributed by atoms with Gasteiger partial charge >= 0.3 is 0 Å². The summed E-state index contributed by atoms with van der Waals surface area (Å²) in [5.74, 6) is -0.283. The van der Waals surface area contributed by atoms with Crippen molar-refractivity contribution in [2.45, 2.75) is 56.1 Å². The average Bonchev–Trinajstić information content (AvgIpc) is 2.78. The Morgan fingerprint density at radius 3 is 2.26 bits per heavy atom. The molecule has 0 saturated heterocycles. The van der Waals surface area contributed by atoms with Gasteiger partial charge in [-0.2, -0.15) is 4.31 Å². The topological polar surface area (TPSA) is 69.7 Å². The first-order chi connectivity index (χ1) is 14.8. The van der Waals surface area contributed by atoms with Gasteiger partial charge in [0.2, 0.25) is 10.0 Å². The average molecular weight is 444 g/mol. The highest BCUT2D eigenvalue weighted by Gasteiger charge is 2.29. The Morgan fingerprint density at radius 2 is 1.61 bits per heavy atom. The van der Waals surface area contributed by atoms with Crippen molar-refractivity contribution in [2.75, 3.05) is 21.1 Å². The van der Waals surface area contributed by atoms with Crippen LogP contribution in [0.5, 0.6) is 0 Å². The minimum Gasteiger partial charge on any atom is -0.348 e. The molecule has 1 N–H and O–H groups in total. The zero-order valence-corrected chi connectivity index (χ0v) is 19.5. The molecule has 2 aromatic carbocycles. The molecule has 1 aliphatic rings. The molecule has 168 valence electrons. The molecule has 0 aromatic heterocycles. The molecule has 0 unspecified atom stereocenters. The lowest BCUT2D eigenvalue weighted by atomic mass is 9.96. The van der Waals surface area contributed by atoms with Crippen molar-refractivity contribution in [2.24, 2.45) is 0 Å². The lowest BCUT2D eigenvalue weighted by molar-refractivity contribution is 0.0950. The maximum absolute atomic E-state index is 13.1. The summed E-state index contributed by atoms with van der Waals surface area (Å²) in [7, 11) is 2.07. The zero-order valence-electron chi connectivity index (χ0n) is 18.7. The SMILES string of the molecule is CN(C)Cc1ccc(CNC(=O)c2cccc(S(=O)(=O)N(C)C3CCCCC3)c2)cc1. The molecule has 31 heavy (non-hydrogen) atoms. The molecular weight excluding hydrogens is 410 g/mol. The number of nitrogens with one attached hydrogen (secondary N) is 1. The van der Waals surface area contributed by atoms with Gasteiger partial charge in [0, 0.05) is 31.7 Å². The molecular formula is C24H33N3O3S. The van der Waals surface area contributed by atoms with E-state index in [0.29, 0.717) is 12.1 Å². The first kappa shape index (κ1) is 23.4. The van der Waals surface area contributed by atoms with E-state index in [0.717, 1.165) is 37.8 Å². The number of hydrogen-bond acceptors (Lipinski definition) is 4. The van der Waals surface area contributed by atoms with Crippen LogP contribution in [0, 0.1) is 0 Å². The highest BCUT2D eigenvalue weighted by molar-refractivity contribution is 7.89. The second kappa shape index (κ2) is 10.4. The van der Waals surface area contributed by atoms with Crippen LogP contribution in [0.25, 0.3) is 0 Å². The zero-order chi connectivity index (χ0) is 22.4. The van der Waals surface area contributed by atoms with Crippen molar-refractivity contribution in [3.8, 4) is 0 Å². The standard InChI is InChI=1S/C24H33N3O3S/c1-26(2)18-20-14-12-19(13-15-20)17-25-24(28)21-8-7-11-23(16-21)31(29,30)27(3)22-9-5-4-6-10-22/h7-8,11-16,22H,4-6,9-10,17-18H2,1-3H3,(H,25,28). The fraction of sp³-hybridized carbons (Fsp3) is 0.458. The van der Waals surface area contributed by atoms with Crippen molar-refractivity contribution in [3.05, 3.63) is 65.2 Å². The van der Waals surface area contributed by atoms with Crippen LogP contribution in [-0.4, -0.2) is 50.7 Å². The van der Waals surface area contributed by atoms with Crippen LogP contribution in [0.1, 0.15) is 53.6 Å². The number of carbonyl (C=O) groups excluding carboxylic acids is 1. The van der Waals surface area contributed by atoms with Gasteiger partial charge in [0.05, 0.1) is 4.90 Å². The number of rotatable bonds is 8. The van der Waals surface area contributed by atoms with E-state index in [4.69, 9.17) is 0 Å². The summed E-state index contributed by atoms with van der Waals surface area (Å²) in [6.07, 6.45) is 5.07. The van der Waals surface area contributed by atoms with Gasteiger partial charge in [0.1, 0.15) is 0 Å². The number of benzene rings is 2. The highest BCUT2D eigenvalue weighted by Crippen LogP contribution is 2.26. The molecule has 7 heteroatoms. The first-order valence-corrected chi connectivity index (χ1v) is 12.3. The van der Waals surface area contributed by atoms with Crippen LogP contribution >= 0.6 is 0 Å². The fourth-order valence-electron chi connectivity index (χ4n) is 4.02. The maximum atomic E-state index is 13.1. The third kappa shape index (κ3) is 6.15. The lowest BCUT2D eigenvalue weighted by Gasteiger charge is -2.30. The Hall–Kier alpha value is -2.22. The Balaban J connectivity index is 1.65. The predicted octanol–water partition coefficient (Wildman–Crippen LogP) is 3.63. The predicted molar refractivity (Wildman–Crippen MR) is 123 cm³/mol. The van der Waals surface area contributed by atoms with Gasteiger partial charge < -0.3 is 10.2 Å². The van der Waals surface area contributed by atoms with E-state index in [1.807, 2.05) is 26.2 Å². The van der Waals surface area contributed by atoms with Crippen LogP contribution in [-0.2, 0) is 23.1 Å². The number of nitrogens with zero attached hydrogens (tertiary/aromatic N) is 2. The van der Waals surface area contributed by atoms with Crippen LogP contribution < -0.4 is 5.32 Å². The van der Waals surface area contributed by atoms with Gasteiger partial charge in [0.25, 0.3) is 5.91 Å². The Bertz CT molecular complexity index is 981. The largest absolute Gasteiger partial charge is 0.348 e. The van der Waals surface area contributed by atoms with Crippen molar-refractivity contribution in [1.29, 1.82) is 0 Å². The summed E-state index contributed by atoms with van der Waals surface area (Å²) in [4.78, 5) is 14.9. The second-order valence-electron chi connectivity index (χ2n) is 8.58. The van der Waals surface area contributed by atoms with Gasteiger partial charge in [0.15, 0.2) is 0 Å². The van der Waals surface area contributed by atoms with E-state index >= 15 is 0 Å². The summed E-state index contributed by atoms with van der Waals surface area (Å²) < 4.78 is 27.7. The van der Waals surface area contributed by atoms with Crippen LogP contribution in [0.2, 0.25) is 0 Å². The Morgan fingerprint density at radius 1 is 0.968 bits per heavy atom. The van der Waals surface area contributed by atoms with Crippen molar-refractivity contribution in [1.82, 2.24) is 14.5 Å². The summed E-state index contributed by atoms with van der Waals surface area (Å²) >= 11 is 0. The molecule has 0 bridgehead atoms. The Labute approximate surface area is 186 Å². The van der Waals surface area contributed by atoms with E-state index < -0.39 is 10.0 Å². The lowest BCUT2D eigenvalue weighted by Crippen LogP contribution is -2.38. The van der Waals surface area contributed by atoms with E-state index in [1.165, 1.54) is 22.4 Å². The summed E-state index contributed by atoms with van der Waals surface area (Å²) in [5, 5.41) is 2.89. The molecule has 0 spiro atoms. The number of sulfonamides is 1. The third-order valence-corrected chi connectivity index (χ3v) is 7.74. The van der Waals surface area contributed by atoms with Gasteiger partial charge in [-0.25, -0.2) is 8.42 Å². The van der Waals surface area contributed by atoms with Crippen molar-refractivity contribution < 1.29 is 13.2 Å². The molecule has 0 radical (unpaired) electrons. The van der Waals surface area contributed by atoms with E-state index in [1.54, 1.807) is 25.2 Å². The molecule has 1 fully saturated rings. The molecule has 0 heterocycles. The molecule has 0 atom stereocenters. The monoisotopic (exact) mass is 443 g/mol. The molecule has 1 amide bonds. The molecule has 1 saturated carbocycles. The minimum absolute atomic E-state index is 0.0340. The normalized spacial score (nSPS) is 15.4. The molecule has 3 rings (SSSR count). The van der Waals surface area contributed by atoms with Crippen LogP contribution in [0.3, 0.4) is 0 Å². The maximum Gasteiger partial charge on any atom is 0.251 e. The minimum atomic E-state index is -3.63.